The Labute approximate surface area is 110 Å². The van der Waals surface area contributed by atoms with Gasteiger partial charge in [-0.3, -0.25) is 0 Å². The average Bonchev–Trinajstić information content (AvgIpc) is 2.74. The number of benzene rings is 1. The van der Waals surface area contributed by atoms with Gasteiger partial charge in [0, 0.05) is 22.0 Å². The summed E-state index contributed by atoms with van der Waals surface area (Å²) in [6.07, 6.45) is 0.953. The number of hydrogen-bond donors (Lipinski definition) is 1. The quantitative estimate of drug-likeness (QED) is 0.906. The molecule has 0 aliphatic rings. The van der Waals surface area contributed by atoms with Crippen LogP contribution in [0.25, 0.3) is 0 Å². The van der Waals surface area contributed by atoms with Gasteiger partial charge in [0.2, 0.25) is 0 Å². The van der Waals surface area contributed by atoms with Crippen LogP contribution < -0.4 is 5.73 Å². The van der Waals surface area contributed by atoms with Gasteiger partial charge in [0.05, 0.1) is 0 Å². The lowest BCUT2D eigenvalue weighted by Crippen LogP contribution is -2.09. The molecule has 90 valence electrons. The van der Waals surface area contributed by atoms with E-state index >= 15 is 0 Å². The number of hydrogen-bond acceptors (Lipinski definition) is 4. The number of nitrogens with zero attached hydrogens (tertiary/aromatic N) is 1. The lowest BCUT2D eigenvalue weighted by molar-refractivity contribution is 0.685. The summed E-state index contributed by atoms with van der Waals surface area (Å²) < 4.78 is 1.08. The number of aromatic nitrogens is 1. The Morgan fingerprint density at radius 2 is 2.18 bits per heavy atom. The predicted octanol–water partition coefficient (Wildman–Crippen LogP) is 4.01. The van der Waals surface area contributed by atoms with Crippen LogP contribution >= 0.6 is 23.1 Å². The van der Waals surface area contributed by atoms with Crippen LogP contribution in [-0.4, -0.2) is 4.98 Å². The predicted molar refractivity (Wildman–Crippen MR) is 74.6 cm³/mol. The van der Waals surface area contributed by atoms with Crippen LogP contribution in [0.2, 0.25) is 0 Å². The lowest BCUT2D eigenvalue weighted by atomic mass is 10.1. The Bertz CT molecular complexity index is 494. The largest absolute Gasteiger partial charge is 0.324 e. The van der Waals surface area contributed by atoms with Crippen molar-refractivity contribution in [3.8, 4) is 0 Å². The Hall–Kier alpha value is -0.840. The standard InChI is InChI=1S/C13H16N2S2/c1-3-11(14)10-6-4-5-7-12(10)17-13-15-9(2)8-16-13/h4-8,11H,3,14H2,1-2H3/t11-/m1/s1. The summed E-state index contributed by atoms with van der Waals surface area (Å²) in [7, 11) is 0. The lowest BCUT2D eigenvalue weighted by Gasteiger charge is -2.13. The second kappa shape index (κ2) is 5.67. The molecule has 0 aliphatic heterocycles. The number of rotatable bonds is 4. The summed E-state index contributed by atoms with van der Waals surface area (Å²) in [5.41, 5.74) is 8.42. The van der Waals surface area contributed by atoms with Crippen molar-refractivity contribution >= 4 is 23.1 Å². The number of thiazole rings is 1. The van der Waals surface area contributed by atoms with E-state index < -0.39 is 0 Å². The van der Waals surface area contributed by atoms with Gasteiger partial charge >= 0.3 is 0 Å². The van der Waals surface area contributed by atoms with Crippen molar-refractivity contribution in [2.75, 3.05) is 0 Å². The van der Waals surface area contributed by atoms with Gasteiger partial charge in [-0.15, -0.1) is 11.3 Å². The highest BCUT2D eigenvalue weighted by Crippen LogP contribution is 2.34. The maximum atomic E-state index is 6.12. The molecule has 1 aromatic heterocycles. The molecule has 1 atom stereocenters. The van der Waals surface area contributed by atoms with Gasteiger partial charge in [0.15, 0.2) is 4.34 Å². The molecule has 0 aliphatic carbocycles. The second-order valence-electron chi connectivity index (χ2n) is 3.91. The maximum Gasteiger partial charge on any atom is 0.154 e. The molecule has 1 aromatic carbocycles. The van der Waals surface area contributed by atoms with Gasteiger partial charge in [-0.2, -0.15) is 0 Å². The van der Waals surface area contributed by atoms with E-state index in [1.54, 1.807) is 23.1 Å². The molecule has 0 bridgehead atoms. The number of aryl methyl sites for hydroxylation is 1. The molecule has 0 unspecified atom stereocenters. The van der Waals surface area contributed by atoms with Crippen LogP contribution in [0.4, 0.5) is 0 Å². The van der Waals surface area contributed by atoms with Crippen LogP contribution in [0.3, 0.4) is 0 Å². The van der Waals surface area contributed by atoms with E-state index in [1.165, 1.54) is 10.5 Å². The summed E-state index contributed by atoms with van der Waals surface area (Å²) in [5, 5.41) is 2.07. The fourth-order valence-corrected chi connectivity index (χ4v) is 3.56. The van der Waals surface area contributed by atoms with Crippen LogP contribution in [0.1, 0.15) is 30.6 Å². The van der Waals surface area contributed by atoms with E-state index in [9.17, 15) is 0 Å². The zero-order valence-electron chi connectivity index (χ0n) is 10.0. The Balaban J connectivity index is 2.26. The van der Waals surface area contributed by atoms with Gasteiger partial charge in [0.25, 0.3) is 0 Å². The van der Waals surface area contributed by atoms with Crippen LogP contribution in [0.5, 0.6) is 0 Å². The summed E-state index contributed by atoms with van der Waals surface area (Å²) >= 11 is 3.39. The SMILES string of the molecule is CC[C@@H](N)c1ccccc1Sc1nc(C)cs1. The molecule has 2 nitrogen and oxygen atoms in total. The average molecular weight is 264 g/mol. The first kappa shape index (κ1) is 12.6. The smallest absolute Gasteiger partial charge is 0.154 e. The zero-order valence-corrected chi connectivity index (χ0v) is 11.6. The molecular weight excluding hydrogens is 248 g/mol. The van der Waals surface area contributed by atoms with Crippen molar-refractivity contribution in [2.45, 2.75) is 35.5 Å². The van der Waals surface area contributed by atoms with Crippen molar-refractivity contribution in [3.05, 3.63) is 40.9 Å². The minimum absolute atomic E-state index is 0.111. The van der Waals surface area contributed by atoms with Crippen LogP contribution in [0, 0.1) is 6.92 Å². The van der Waals surface area contributed by atoms with Gasteiger partial charge in [-0.05, 0) is 25.0 Å². The third kappa shape index (κ3) is 3.09. The third-order valence-electron chi connectivity index (χ3n) is 2.55. The summed E-state index contributed by atoms with van der Waals surface area (Å²) in [6.45, 7) is 4.13. The van der Waals surface area contributed by atoms with Gasteiger partial charge < -0.3 is 5.73 Å². The molecule has 2 aromatic rings. The minimum atomic E-state index is 0.111. The molecule has 0 amide bonds. The van der Waals surface area contributed by atoms with Crippen LogP contribution in [-0.2, 0) is 0 Å². The topological polar surface area (TPSA) is 38.9 Å². The van der Waals surface area contributed by atoms with E-state index in [0.29, 0.717) is 0 Å². The van der Waals surface area contributed by atoms with Crippen molar-refractivity contribution in [1.82, 2.24) is 4.98 Å². The van der Waals surface area contributed by atoms with E-state index in [1.807, 2.05) is 13.0 Å². The van der Waals surface area contributed by atoms with Crippen LogP contribution in [0.15, 0.2) is 38.9 Å². The van der Waals surface area contributed by atoms with Gasteiger partial charge in [-0.1, -0.05) is 36.9 Å². The minimum Gasteiger partial charge on any atom is -0.324 e. The Morgan fingerprint density at radius 1 is 1.41 bits per heavy atom. The van der Waals surface area contributed by atoms with E-state index in [0.717, 1.165) is 16.5 Å². The summed E-state index contributed by atoms with van der Waals surface area (Å²) in [6, 6.07) is 8.43. The highest BCUT2D eigenvalue weighted by atomic mass is 32.2. The molecule has 1 heterocycles. The summed E-state index contributed by atoms with van der Waals surface area (Å²) in [5.74, 6) is 0. The highest BCUT2D eigenvalue weighted by Gasteiger charge is 2.11. The molecule has 17 heavy (non-hydrogen) atoms. The maximum absolute atomic E-state index is 6.12. The molecule has 0 saturated heterocycles. The van der Waals surface area contributed by atoms with Crippen molar-refractivity contribution in [1.29, 1.82) is 0 Å². The van der Waals surface area contributed by atoms with Crippen molar-refractivity contribution < 1.29 is 0 Å². The third-order valence-corrected chi connectivity index (χ3v) is 4.70. The normalized spacial score (nSPS) is 12.6. The molecular formula is C13H16N2S2. The Morgan fingerprint density at radius 3 is 2.82 bits per heavy atom. The second-order valence-corrected chi connectivity index (χ2v) is 6.06. The summed E-state index contributed by atoms with van der Waals surface area (Å²) in [4.78, 5) is 5.69. The first-order valence-corrected chi connectivity index (χ1v) is 7.34. The van der Waals surface area contributed by atoms with E-state index in [-0.39, 0.29) is 6.04 Å². The molecule has 4 heteroatoms. The molecule has 2 N–H and O–H groups in total. The van der Waals surface area contributed by atoms with Crippen molar-refractivity contribution in [3.63, 3.8) is 0 Å². The highest BCUT2D eigenvalue weighted by molar-refractivity contribution is 8.01. The molecule has 2 rings (SSSR count). The molecule has 0 fully saturated rings. The fourth-order valence-electron chi connectivity index (χ4n) is 1.57. The molecule has 0 radical (unpaired) electrons. The Kier molecular flexibility index (Phi) is 4.20. The fraction of sp³-hybridized carbons (Fsp3) is 0.308. The molecule has 0 spiro atoms. The van der Waals surface area contributed by atoms with Gasteiger partial charge in [-0.25, -0.2) is 4.98 Å². The molecule has 0 saturated carbocycles. The number of nitrogens with two attached hydrogens (primary N) is 1. The van der Waals surface area contributed by atoms with E-state index in [4.69, 9.17) is 5.73 Å². The van der Waals surface area contributed by atoms with Crippen molar-refractivity contribution in [2.24, 2.45) is 5.73 Å². The first-order valence-electron chi connectivity index (χ1n) is 5.65. The van der Waals surface area contributed by atoms with Gasteiger partial charge in [0.1, 0.15) is 0 Å². The zero-order chi connectivity index (χ0) is 12.3. The van der Waals surface area contributed by atoms with E-state index in [2.05, 4.69) is 35.5 Å². The monoisotopic (exact) mass is 264 g/mol. The first-order chi connectivity index (χ1) is 8.20.